The number of anilines is 2. The Hall–Kier alpha value is -3.68. The number of ether oxygens (including phenoxy) is 2. The van der Waals surface area contributed by atoms with Gasteiger partial charge in [-0.05, 0) is 38.8 Å². The summed E-state index contributed by atoms with van der Waals surface area (Å²) in [6.45, 7) is 0.747. The van der Waals surface area contributed by atoms with Gasteiger partial charge in [0.1, 0.15) is 25.1 Å². The van der Waals surface area contributed by atoms with E-state index in [1.54, 1.807) is 4.90 Å². The van der Waals surface area contributed by atoms with Gasteiger partial charge < -0.3 is 25.0 Å². The molecule has 55 heavy (non-hydrogen) atoms. The molecule has 7 rings (SSSR count). The first-order valence-corrected chi connectivity index (χ1v) is 18.4. The minimum Gasteiger partial charge on any atom is -0.461 e. The van der Waals surface area contributed by atoms with Gasteiger partial charge in [0.05, 0.1) is 57.5 Å². The molecule has 11 nitrogen and oxygen atoms in total. The fourth-order valence-electron chi connectivity index (χ4n) is 8.14. The van der Waals surface area contributed by atoms with Crippen LogP contribution < -0.4 is 15.4 Å². The third-order valence-electron chi connectivity index (χ3n) is 10.6. The second kappa shape index (κ2) is 14.7. The van der Waals surface area contributed by atoms with E-state index in [0.717, 1.165) is 6.42 Å². The fourth-order valence-corrected chi connectivity index (χ4v) is 8.74. The molecule has 0 unspecified atom stereocenters. The number of nitrogen functional groups attached to an aromatic ring is 1. The molecular formula is C34H36Cl2F8N8O3. The molecule has 3 atom stereocenters. The normalized spacial score (nSPS) is 23.0. The number of hydrogen-bond acceptors (Lipinski definition) is 9. The molecular weight excluding hydrogens is 791 g/mol. The van der Waals surface area contributed by atoms with Gasteiger partial charge in [-0.3, -0.25) is 14.4 Å². The van der Waals surface area contributed by atoms with Crippen LogP contribution in [0.3, 0.4) is 0 Å². The number of nitrogens with zero attached hydrogens (tertiary/aromatic N) is 7. The number of hydrogen-bond donors (Lipinski definition) is 1. The van der Waals surface area contributed by atoms with Gasteiger partial charge >= 0.3 is 18.4 Å². The standard InChI is InChI=1S/C34H36Cl2F8N8O3/c1-2-49(15-33(39,40)41)30(53)28-26(36)22-13-50(6-4-8-52(22)48-28)29-18-14-54-23(24-25(34(42,43)44)19(35)9-20(45)27(24)38)10-21(18)46-31(47-29)55-16-32-5-3-7-51(32)12-17(37)11-32/h9,17,23H,2-8,10-16,45H2,1H3/t17-,23+,32+/m1/s1. The highest BCUT2D eigenvalue weighted by Gasteiger charge is 2.50. The highest BCUT2D eigenvalue weighted by molar-refractivity contribution is 6.34. The zero-order valence-electron chi connectivity index (χ0n) is 29.3. The number of rotatable bonds is 8. The topological polar surface area (TPSA) is 115 Å². The first kappa shape index (κ1) is 39.6. The van der Waals surface area contributed by atoms with Crippen LogP contribution in [0.5, 0.6) is 6.01 Å². The van der Waals surface area contributed by atoms with Gasteiger partial charge in [-0.25, -0.2) is 8.78 Å². The molecule has 2 aromatic heterocycles. The molecule has 21 heteroatoms. The van der Waals surface area contributed by atoms with Crippen LogP contribution in [0.4, 0.5) is 46.6 Å². The monoisotopic (exact) mass is 826 g/mol. The number of benzene rings is 1. The van der Waals surface area contributed by atoms with Crippen molar-refractivity contribution in [1.29, 1.82) is 0 Å². The van der Waals surface area contributed by atoms with Crippen LogP contribution in [0.25, 0.3) is 0 Å². The lowest BCUT2D eigenvalue weighted by atomic mass is 9.93. The number of nitrogens with two attached hydrogens (primary N) is 1. The van der Waals surface area contributed by atoms with E-state index in [9.17, 15) is 35.5 Å². The van der Waals surface area contributed by atoms with Crippen molar-refractivity contribution in [2.45, 2.75) is 88.9 Å². The molecule has 2 saturated heterocycles. The van der Waals surface area contributed by atoms with Gasteiger partial charge in [0, 0.05) is 50.1 Å². The Morgan fingerprint density at radius 2 is 1.91 bits per heavy atom. The molecule has 0 spiro atoms. The second-order valence-electron chi connectivity index (χ2n) is 14.2. The van der Waals surface area contributed by atoms with E-state index in [1.807, 2.05) is 4.90 Å². The van der Waals surface area contributed by atoms with Crippen molar-refractivity contribution in [3.63, 3.8) is 0 Å². The molecule has 1 aromatic carbocycles. The molecule has 4 aliphatic heterocycles. The second-order valence-corrected chi connectivity index (χ2v) is 15.0. The average Bonchev–Trinajstić information content (AvgIpc) is 3.68. The smallest absolute Gasteiger partial charge is 0.418 e. The molecule has 0 saturated carbocycles. The lowest BCUT2D eigenvalue weighted by Gasteiger charge is -2.33. The predicted molar refractivity (Wildman–Crippen MR) is 183 cm³/mol. The molecule has 6 heterocycles. The maximum Gasteiger partial charge on any atom is 0.418 e. The quantitative estimate of drug-likeness (QED) is 0.191. The summed E-state index contributed by atoms with van der Waals surface area (Å²) in [5.41, 5.74) is 2.69. The molecule has 0 bridgehead atoms. The number of fused-ring (bicyclic) bond motifs is 3. The Morgan fingerprint density at radius 3 is 2.62 bits per heavy atom. The third-order valence-corrected chi connectivity index (χ3v) is 11.3. The molecule has 2 N–H and O–H groups in total. The number of carbonyl (C=O) groups is 1. The van der Waals surface area contributed by atoms with Crippen molar-refractivity contribution < 1.29 is 49.4 Å². The van der Waals surface area contributed by atoms with Crippen LogP contribution in [-0.2, 0) is 37.0 Å². The van der Waals surface area contributed by atoms with Crippen molar-refractivity contribution in [1.82, 2.24) is 29.5 Å². The van der Waals surface area contributed by atoms with Crippen LogP contribution in [0.2, 0.25) is 10.0 Å². The lowest BCUT2D eigenvalue weighted by molar-refractivity contribution is -0.140. The van der Waals surface area contributed by atoms with Gasteiger partial charge in [0.2, 0.25) is 0 Å². The molecule has 4 aliphatic rings. The summed E-state index contributed by atoms with van der Waals surface area (Å²) in [5.74, 6) is -2.10. The predicted octanol–water partition coefficient (Wildman–Crippen LogP) is 6.92. The average molecular weight is 828 g/mol. The van der Waals surface area contributed by atoms with E-state index in [1.165, 1.54) is 11.6 Å². The number of aryl methyl sites for hydroxylation is 1. The lowest BCUT2D eigenvalue weighted by Crippen LogP contribution is -2.43. The van der Waals surface area contributed by atoms with E-state index in [-0.39, 0.29) is 80.5 Å². The van der Waals surface area contributed by atoms with Crippen molar-refractivity contribution >= 4 is 40.6 Å². The Kier molecular flexibility index (Phi) is 10.6. The van der Waals surface area contributed by atoms with Crippen LogP contribution in [0, 0.1) is 5.82 Å². The zero-order chi connectivity index (χ0) is 39.6. The van der Waals surface area contributed by atoms with Crippen molar-refractivity contribution in [3.05, 3.63) is 55.7 Å². The van der Waals surface area contributed by atoms with Crippen LogP contribution in [-0.4, -0.2) is 92.7 Å². The van der Waals surface area contributed by atoms with E-state index in [4.69, 9.17) is 43.4 Å². The maximum absolute atomic E-state index is 15.5. The highest BCUT2D eigenvalue weighted by atomic mass is 35.5. The largest absolute Gasteiger partial charge is 0.461 e. The molecule has 300 valence electrons. The minimum atomic E-state index is -5.06. The molecule has 3 aromatic rings. The Bertz CT molecular complexity index is 1980. The van der Waals surface area contributed by atoms with E-state index >= 15 is 4.39 Å². The summed E-state index contributed by atoms with van der Waals surface area (Å²) in [5, 5.41) is 3.33. The molecule has 2 fully saturated rings. The first-order chi connectivity index (χ1) is 25.9. The van der Waals surface area contributed by atoms with Crippen molar-refractivity contribution in [2.75, 3.05) is 50.0 Å². The summed E-state index contributed by atoms with van der Waals surface area (Å²) >= 11 is 12.6. The molecule has 1 amide bonds. The van der Waals surface area contributed by atoms with Crippen molar-refractivity contribution in [2.24, 2.45) is 0 Å². The van der Waals surface area contributed by atoms with Crippen LogP contribution in [0.15, 0.2) is 6.07 Å². The first-order valence-electron chi connectivity index (χ1n) is 17.6. The number of carbonyl (C=O) groups excluding carboxylic acids is 1. The maximum atomic E-state index is 15.5. The summed E-state index contributed by atoms with van der Waals surface area (Å²) in [6, 6.07) is 0.526. The SMILES string of the molecule is CCN(CC(F)(F)F)C(=O)c1nn2c(c1Cl)CN(c1nc(OC[C@@]34CCCN3C[C@H](F)C4)nc3c1CO[C@H](c1c(F)c(N)cc(Cl)c1C(F)(F)F)C3)CCC2. The van der Waals surface area contributed by atoms with Gasteiger partial charge in [-0.1, -0.05) is 23.2 Å². The molecule has 0 radical (unpaired) electrons. The van der Waals surface area contributed by atoms with Crippen LogP contribution in [0.1, 0.15) is 77.3 Å². The Labute approximate surface area is 319 Å². The summed E-state index contributed by atoms with van der Waals surface area (Å²) in [7, 11) is 0. The van der Waals surface area contributed by atoms with Gasteiger partial charge in [0.15, 0.2) is 11.5 Å². The molecule has 0 aliphatic carbocycles. The Morgan fingerprint density at radius 1 is 1.15 bits per heavy atom. The number of alkyl halides is 7. The van der Waals surface area contributed by atoms with Gasteiger partial charge in [0.25, 0.3) is 5.91 Å². The zero-order valence-corrected chi connectivity index (χ0v) is 30.9. The van der Waals surface area contributed by atoms with E-state index in [2.05, 4.69) is 10.1 Å². The summed E-state index contributed by atoms with van der Waals surface area (Å²) in [6.07, 6.45) is -10.5. The number of amides is 1. The van der Waals surface area contributed by atoms with Crippen LogP contribution >= 0.6 is 23.2 Å². The van der Waals surface area contributed by atoms with Gasteiger partial charge in [-0.15, -0.1) is 0 Å². The number of aromatic nitrogens is 4. The Balaban J connectivity index is 1.26. The summed E-state index contributed by atoms with van der Waals surface area (Å²) in [4.78, 5) is 26.8. The summed E-state index contributed by atoms with van der Waals surface area (Å²) < 4.78 is 126. The number of halogens is 10. The van der Waals surface area contributed by atoms with Gasteiger partial charge in [-0.2, -0.15) is 41.4 Å². The third kappa shape index (κ3) is 7.60. The highest BCUT2D eigenvalue weighted by Crippen LogP contribution is 2.47. The van der Waals surface area contributed by atoms with Crippen molar-refractivity contribution in [3.8, 4) is 6.01 Å². The van der Waals surface area contributed by atoms with E-state index in [0.29, 0.717) is 48.2 Å². The minimum absolute atomic E-state index is 0.0270. The fraction of sp³-hybridized carbons (Fsp3) is 0.588. The van der Waals surface area contributed by atoms with E-state index < -0.39 is 70.3 Å².